The summed E-state index contributed by atoms with van der Waals surface area (Å²) in [6, 6.07) is 9.92. The Kier molecular flexibility index (Phi) is 4.56. The lowest BCUT2D eigenvalue weighted by atomic mass is 10.2. The van der Waals surface area contributed by atoms with E-state index in [2.05, 4.69) is 26.2 Å². The summed E-state index contributed by atoms with van der Waals surface area (Å²) < 4.78 is 6.74. The lowest BCUT2D eigenvalue weighted by Gasteiger charge is -2.10. The van der Waals surface area contributed by atoms with Gasteiger partial charge in [0.05, 0.1) is 4.47 Å². The molecule has 0 saturated carbocycles. The van der Waals surface area contributed by atoms with Crippen molar-refractivity contribution in [3.05, 3.63) is 51.6 Å². The second kappa shape index (κ2) is 6.17. The monoisotopic (exact) mass is 320 g/mol. The quantitative estimate of drug-likeness (QED) is 0.925. The van der Waals surface area contributed by atoms with Gasteiger partial charge in [-0.15, -0.1) is 0 Å². The van der Waals surface area contributed by atoms with Crippen molar-refractivity contribution in [2.45, 2.75) is 20.4 Å². The molecule has 0 aliphatic rings. The van der Waals surface area contributed by atoms with Gasteiger partial charge in [-0.25, -0.2) is 4.98 Å². The third kappa shape index (κ3) is 3.55. The highest BCUT2D eigenvalue weighted by Crippen LogP contribution is 2.29. The van der Waals surface area contributed by atoms with Gasteiger partial charge < -0.3 is 10.1 Å². The van der Waals surface area contributed by atoms with Crippen LogP contribution in [0, 0.1) is 13.8 Å². The maximum Gasteiger partial charge on any atom is 0.219 e. The number of aromatic nitrogens is 1. The van der Waals surface area contributed by atoms with E-state index in [1.165, 1.54) is 11.1 Å². The molecule has 4 heteroatoms. The standard InChI is InChI=1S/C15H17BrN2O/c1-10-4-6-14(13(16)8-10)19-15-7-5-12(9-17-3)11(2)18-15/h4-8,17H,9H2,1-3H3. The smallest absolute Gasteiger partial charge is 0.219 e. The number of ether oxygens (including phenoxy) is 1. The minimum absolute atomic E-state index is 0.613. The van der Waals surface area contributed by atoms with E-state index in [4.69, 9.17) is 4.74 Å². The summed E-state index contributed by atoms with van der Waals surface area (Å²) in [4.78, 5) is 4.47. The molecule has 0 spiro atoms. The first-order valence-electron chi connectivity index (χ1n) is 6.15. The largest absolute Gasteiger partial charge is 0.438 e. The normalized spacial score (nSPS) is 10.5. The van der Waals surface area contributed by atoms with Crippen molar-refractivity contribution >= 4 is 15.9 Å². The predicted octanol–water partition coefficient (Wildman–Crippen LogP) is 3.97. The Hall–Kier alpha value is -1.39. The van der Waals surface area contributed by atoms with Crippen LogP contribution in [0.25, 0.3) is 0 Å². The molecule has 0 aliphatic carbocycles. The van der Waals surface area contributed by atoms with E-state index < -0.39 is 0 Å². The fourth-order valence-electron chi connectivity index (χ4n) is 1.80. The summed E-state index contributed by atoms with van der Waals surface area (Å²) >= 11 is 3.50. The predicted molar refractivity (Wildman–Crippen MR) is 80.7 cm³/mol. The van der Waals surface area contributed by atoms with Crippen molar-refractivity contribution in [1.29, 1.82) is 0 Å². The van der Waals surface area contributed by atoms with Crippen LogP contribution in [0.4, 0.5) is 0 Å². The van der Waals surface area contributed by atoms with Gasteiger partial charge in [-0.1, -0.05) is 12.1 Å². The van der Waals surface area contributed by atoms with Crippen LogP contribution in [0.2, 0.25) is 0 Å². The first kappa shape index (κ1) is 14.0. The first-order chi connectivity index (χ1) is 9.10. The molecule has 1 heterocycles. The Morgan fingerprint density at radius 1 is 1.21 bits per heavy atom. The SMILES string of the molecule is CNCc1ccc(Oc2ccc(C)cc2Br)nc1C. The number of pyridine rings is 1. The van der Waals surface area contributed by atoms with Crippen molar-refractivity contribution in [2.75, 3.05) is 7.05 Å². The number of hydrogen-bond donors (Lipinski definition) is 1. The van der Waals surface area contributed by atoms with Crippen LogP contribution in [0.5, 0.6) is 11.6 Å². The van der Waals surface area contributed by atoms with Gasteiger partial charge in [0.15, 0.2) is 0 Å². The molecule has 0 radical (unpaired) electrons. The summed E-state index contributed by atoms with van der Waals surface area (Å²) in [5.41, 5.74) is 3.35. The van der Waals surface area contributed by atoms with Crippen molar-refractivity contribution in [2.24, 2.45) is 0 Å². The topological polar surface area (TPSA) is 34.1 Å². The summed E-state index contributed by atoms with van der Waals surface area (Å²) in [7, 11) is 1.92. The molecular formula is C15H17BrN2O. The van der Waals surface area contributed by atoms with Crippen molar-refractivity contribution in [1.82, 2.24) is 10.3 Å². The molecule has 0 atom stereocenters. The van der Waals surface area contributed by atoms with Crippen LogP contribution >= 0.6 is 15.9 Å². The van der Waals surface area contributed by atoms with Crippen LogP contribution in [0.3, 0.4) is 0 Å². The molecule has 0 amide bonds. The zero-order valence-electron chi connectivity index (χ0n) is 11.3. The molecule has 0 saturated heterocycles. The summed E-state index contributed by atoms with van der Waals surface area (Å²) in [5, 5.41) is 3.12. The Balaban J connectivity index is 2.21. The Bertz CT molecular complexity index is 584. The second-order valence-corrected chi connectivity index (χ2v) is 5.31. The molecule has 1 aromatic carbocycles. The van der Waals surface area contributed by atoms with Gasteiger partial charge in [-0.05, 0) is 60.1 Å². The summed E-state index contributed by atoms with van der Waals surface area (Å²) in [6.07, 6.45) is 0. The average Bonchev–Trinajstić information content (AvgIpc) is 2.36. The first-order valence-corrected chi connectivity index (χ1v) is 6.94. The minimum atomic E-state index is 0.613. The maximum atomic E-state index is 5.80. The maximum absolute atomic E-state index is 5.80. The highest BCUT2D eigenvalue weighted by molar-refractivity contribution is 9.10. The van der Waals surface area contributed by atoms with Crippen LogP contribution in [0.15, 0.2) is 34.8 Å². The van der Waals surface area contributed by atoms with Gasteiger partial charge in [0.1, 0.15) is 5.75 Å². The summed E-state index contributed by atoms with van der Waals surface area (Å²) in [6.45, 7) is 4.85. The number of halogens is 1. The van der Waals surface area contributed by atoms with Crippen LogP contribution in [0.1, 0.15) is 16.8 Å². The van der Waals surface area contributed by atoms with Crippen molar-refractivity contribution < 1.29 is 4.74 Å². The number of hydrogen-bond acceptors (Lipinski definition) is 3. The van der Waals surface area contributed by atoms with Gasteiger partial charge in [0.2, 0.25) is 5.88 Å². The lowest BCUT2D eigenvalue weighted by Crippen LogP contribution is -2.07. The molecule has 3 nitrogen and oxygen atoms in total. The Morgan fingerprint density at radius 2 is 2.00 bits per heavy atom. The summed E-state index contributed by atoms with van der Waals surface area (Å²) in [5.74, 6) is 1.39. The van der Waals surface area contributed by atoms with Crippen LogP contribution in [-0.2, 0) is 6.54 Å². The van der Waals surface area contributed by atoms with Crippen LogP contribution in [-0.4, -0.2) is 12.0 Å². The average molecular weight is 321 g/mol. The van der Waals surface area contributed by atoms with Gasteiger partial charge in [-0.2, -0.15) is 0 Å². The molecule has 19 heavy (non-hydrogen) atoms. The molecule has 2 rings (SSSR count). The molecule has 2 aromatic rings. The fourth-order valence-corrected chi connectivity index (χ4v) is 2.38. The fraction of sp³-hybridized carbons (Fsp3) is 0.267. The highest BCUT2D eigenvalue weighted by atomic mass is 79.9. The van der Waals surface area contributed by atoms with Gasteiger partial charge in [-0.3, -0.25) is 0 Å². The van der Waals surface area contributed by atoms with Crippen molar-refractivity contribution in [3.8, 4) is 11.6 Å². The zero-order valence-corrected chi connectivity index (χ0v) is 12.9. The molecule has 100 valence electrons. The van der Waals surface area contributed by atoms with Gasteiger partial charge >= 0.3 is 0 Å². The molecule has 0 unspecified atom stereocenters. The van der Waals surface area contributed by atoms with Crippen LogP contribution < -0.4 is 10.1 Å². The highest BCUT2D eigenvalue weighted by Gasteiger charge is 2.06. The van der Waals surface area contributed by atoms with E-state index in [9.17, 15) is 0 Å². The number of benzene rings is 1. The van der Waals surface area contributed by atoms with E-state index >= 15 is 0 Å². The Labute approximate surface area is 122 Å². The second-order valence-electron chi connectivity index (χ2n) is 4.46. The molecule has 0 bridgehead atoms. The Morgan fingerprint density at radius 3 is 2.63 bits per heavy atom. The molecule has 0 aliphatic heterocycles. The van der Waals surface area contributed by atoms with E-state index in [0.29, 0.717) is 5.88 Å². The molecule has 0 fully saturated rings. The van der Waals surface area contributed by atoms with Gasteiger partial charge in [0.25, 0.3) is 0 Å². The minimum Gasteiger partial charge on any atom is -0.438 e. The van der Waals surface area contributed by atoms with Gasteiger partial charge in [0, 0.05) is 18.3 Å². The van der Waals surface area contributed by atoms with E-state index in [1.807, 2.05) is 51.2 Å². The third-order valence-electron chi connectivity index (χ3n) is 2.84. The molecular weight excluding hydrogens is 304 g/mol. The number of rotatable bonds is 4. The number of aryl methyl sites for hydroxylation is 2. The van der Waals surface area contributed by atoms with E-state index in [-0.39, 0.29) is 0 Å². The zero-order chi connectivity index (χ0) is 13.8. The number of nitrogens with zero attached hydrogens (tertiary/aromatic N) is 1. The molecule has 1 aromatic heterocycles. The molecule has 1 N–H and O–H groups in total. The van der Waals surface area contributed by atoms with E-state index in [0.717, 1.165) is 22.5 Å². The van der Waals surface area contributed by atoms with E-state index in [1.54, 1.807) is 0 Å². The third-order valence-corrected chi connectivity index (χ3v) is 3.46. The lowest BCUT2D eigenvalue weighted by molar-refractivity contribution is 0.458. The van der Waals surface area contributed by atoms with Crippen molar-refractivity contribution in [3.63, 3.8) is 0 Å². The number of nitrogens with one attached hydrogen (secondary N) is 1.